The van der Waals surface area contributed by atoms with Crippen molar-refractivity contribution in [3.05, 3.63) is 45.6 Å². The van der Waals surface area contributed by atoms with Crippen LogP contribution in [0.3, 0.4) is 0 Å². The Morgan fingerprint density at radius 1 is 1.41 bits per heavy atom. The first-order chi connectivity index (χ1) is 10.0. The second-order valence-electron chi connectivity index (χ2n) is 4.81. The van der Waals surface area contributed by atoms with Crippen molar-refractivity contribution in [3.63, 3.8) is 0 Å². The van der Waals surface area contributed by atoms with Gasteiger partial charge in [0.2, 0.25) is 5.90 Å². The molecule has 0 bridgehead atoms. The molecule has 1 heterocycles. The molecule has 1 aromatic carbocycles. The predicted octanol–water partition coefficient (Wildman–Crippen LogP) is 4.77. The van der Waals surface area contributed by atoms with Crippen molar-refractivity contribution < 1.29 is 9.57 Å². The molecule has 1 unspecified atom stereocenters. The van der Waals surface area contributed by atoms with Gasteiger partial charge in [-0.2, -0.15) is 0 Å². The fourth-order valence-corrected chi connectivity index (χ4v) is 2.48. The summed E-state index contributed by atoms with van der Waals surface area (Å²) in [6, 6.07) is 5.44. The van der Waals surface area contributed by atoms with Crippen LogP contribution in [0.1, 0.15) is 31.4 Å². The van der Waals surface area contributed by atoms with Gasteiger partial charge in [-0.25, -0.2) is 4.99 Å². The Kier molecular flexibility index (Phi) is 6.72. The Bertz CT molecular complexity index is 629. The monoisotopic (exact) mass is 362 g/mol. The van der Waals surface area contributed by atoms with Gasteiger partial charge in [0, 0.05) is 16.1 Å². The van der Waals surface area contributed by atoms with Gasteiger partial charge < -0.3 is 9.57 Å². The molecular formula is C15H17Cl3N2O2. The zero-order valence-corrected chi connectivity index (χ0v) is 14.8. The number of oxime groups is 1. The molecule has 4 nitrogen and oxygen atoms in total. The fraction of sp³-hybridized carbons (Fsp3) is 0.333. The second kappa shape index (κ2) is 7.86. The molecule has 0 saturated heterocycles. The van der Waals surface area contributed by atoms with E-state index in [1.54, 1.807) is 18.3 Å². The minimum atomic E-state index is -0.444. The highest BCUT2D eigenvalue weighted by atomic mass is 35.5. The summed E-state index contributed by atoms with van der Waals surface area (Å²) in [7, 11) is 1.48. The van der Waals surface area contributed by atoms with Gasteiger partial charge in [-0.15, -0.1) is 12.4 Å². The molecule has 0 radical (unpaired) electrons. The number of hydrogen-bond donors (Lipinski definition) is 0. The molecule has 120 valence electrons. The molecular weight excluding hydrogens is 347 g/mol. The molecule has 2 rings (SSSR count). The Morgan fingerprint density at radius 2 is 2.14 bits per heavy atom. The molecule has 1 aliphatic rings. The summed E-state index contributed by atoms with van der Waals surface area (Å²) in [6.45, 7) is 4.01. The SMILES string of the molecule is CCC1(C)N=C(c2cc(Cl)cc(C=NOC)c2)OC1=CCl.Cl. The van der Waals surface area contributed by atoms with Crippen molar-refractivity contribution in [1.82, 2.24) is 0 Å². The zero-order chi connectivity index (χ0) is 15.5. The summed E-state index contributed by atoms with van der Waals surface area (Å²) in [5.74, 6) is 1.13. The first-order valence-electron chi connectivity index (χ1n) is 6.48. The topological polar surface area (TPSA) is 43.2 Å². The predicted molar refractivity (Wildman–Crippen MR) is 93.6 cm³/mol. The molecule has 0 fully saturated rings. The van der Waals surface area contributed by atoms with E-state index in [2.05, 4.69) is 15.0 Å². The van der Waals surface area contributed by atoms with Crippen LogP contribution < -0.4 is 0 Å². The van der Waals surface area contributed by atoms with Crippen LogP contribution in [0.2, 0.25) is 5.02 Å². The van der Waals surface area contributed by atoms with E-state index in [9.17, 15) is 0 Å². The lowest BCUT2D eigenvalue weighted by Gasteiger charge is -2.16. The summed E-state index contributed by atoms with van der Waals surface area (Å²) < 4.78 is 5.76. The third kappa shape index (κ3) is 3.94. The van der Waals surface area contributed by atoms with Crippen molar-refractivity contribution in [3.8, 4) is 0 Å². The Labute approximate surface area is 146 Å². The van der Waals surface area contributed by atoms with Gasteiger partial charge in [0.25, 0.3) is 0 Å². The quantitative estimate of drug-likeness (QED) is 0.571. The highest BCUT2D eigenvalue weighted by Crippen LogP contribution is 2.34. The van der Waals surface area contributed by atoms with E-state index < -0.39 is 5.54 Å². The van der Waals surface area contributed by atoms with Crippen LogP contribution in [0.25, 0.3) is 0 Å². The molecule has 0 spiro atoms. The molecule has 0 amide bonds. The average molecular weight is 364 g/mol. The third-order valence-corrected chi connectivity index (χ3v) is 3.76. The second-order valence-corrected chi connectivity index (χ2v) is 5.46. The van der Waals surface area contributed by atoms with Gasteiger partial charge in [-0.3, -0.25) is 0 Å². The van der Waals surface area contributed by atoms with Crippen molar-refractivity contribution in [2.75, 3.05) is 7.11 Å². The van der Waals surface area contributed by atoms with Crippen LogP contribution in [0.5, 0.6) is 0 Å². The highest BCUT2D eigenvalue weighted by molar-refractivity contribution is 6.31. The standard InChI is InChI=1S/C15H16Cl2N2O2.ClH/c1-4-15(2)13(8-16)21-14(19-15)11-5-10(9-18-20-3)6-12(17)7-11;/h5-9H,4H2,1-3H3;1H. The number of halogens is 3. The van der Waals surface area contributed by atoms with E-state index in [0.29, 0.717) is 16.7 Å². The summed E-state index contributed by atoms with van der Waals surface area (Å²) >= 11 is 12.0. The molecule has 22 heavy (non-hydrogen) atoms. The van der Waals surface area contributed by atoms with Crippen molar-refractivity contribution in [1.29, 1.82) is 0 Å². The summed E-state index contributed by atoms with van der Waals surface area (Å²) in [5, 5.41) is 4.30. The lowest BCUT2D eigenvalue weighted by atomic mass is 9.99. The third-order valence-electron chi connectivity index (χ3n) is 3.35. The van der Waals surface area contributed by atoms with E-state index in [4.69, 9.17) is 27.9 Å². The maximum absolute atomic E-state index is 6.13. The maximum Gasteiger partial charge on any atom is 0.222 e. The molecule has 1 atom stereocenters. The van der Waals surface area contributed by atoms with Crippen LogP contribution in [0.4, 0.5) is 0 Å². The number of aliphatic imine (C=N–C) groups is 1. The number of benzene rings is 1. The lowest BCUT2D eigenvalue weighted by Crippen LogP contribution is -2.19. The lowest BCUT2D eigenvalue weighted by molar-refractivity contribution is 0.215. The molecule has 0 aromatic heterocycles. The van der Waals surface area contributed by atoms with Crippen molar-refractivity contribution in [2.45, 2.75) is 25.8 Å². The number of ether oxygens (including phenoxy) is 1. The van der Waals surface area contributed by atoms with Crippen LogP contribution >= 0.6 is 35.6 Å². The number of hydrogen-bond acceptors (Lipinski definition) is 4. The van der Waals surface area contributed by atoms with Crippen LogP contribution in [0.15, 0.2) is 39.6 Å². The highest BCUT2D eigenvalue weighted by Gasteiger charge is 2.36. The molecule has 0 N–H and O–H groups in total. The van der Waals surface area contributed by atoms with Crippen molar-refractivity contribution >= 4 is 47.7 Å². The summed E-state index contributed by atoms with van der Waals surface area (Å²) in [5.41, 5.74) is 2.55. The Morgan fingerprint density at radius 3 is 2.68 bits per heavy atom. The fourth-order valence-electron chi connectivity index (χ4n) is 1.96. The number of rotatable bonds is 4. The largest absolute Gasteiger partial charge is 0.440 e. The van der Waals surface area contributed by atoms with Crippen LogP contribution in [-0.2, 0) is 9.57 Å². The van der Waals surface area contributed by atoms with Gasteiger partial charge in [0.05, 0.1) is 6.21 Å². The van der Waals surface area contributed by atoms with Crippen molar-refractivity contribution in [2.24, 2.45) is 10.1 Å². The molecule has 0 aliphatic carbocycles. The van der Waals surface area contributed by atoms with E-state index >= 15 is 0 Å². The van der Waals surface area contributed by atoms with Gasteiger partial charge in [0.1, 0.15) is 18.4 Å². The number of nitrogens with zero attached hydrogens (tertiary/aromatic N) is 2. The van der Waals surface area contributed by atoms with Gasteiger partial charge in [0.15, 0.2) is 0 Å². The minimum absolute atomic E-state index is 0. The summed E-state index contributed by atoms with van der Waals surface area (Å²) in [6.07, 6.45) is 2.36. The van der Waals surface area contributed by atoms with Crippen LogP contribution in [0, 0.1) is 0 Å². The maximum atomic E-state index is 6.13. The molecule has 1 aromatic rings. The first kappa shape index (κ1) is 18.8. The Balaban J connectivity index is 0.00000242. The van der Waals surface area contributed by atoms with Gasteiger partial charge >= 0.3 is 0 Å². The van der Waals surface area contributed by atoms with E-state index in [0.717, 1.165) is 17.5 Å². The van der Waals surface area contributed by atoms with Crippen LogP contribution in [-0.4, -0.2) is 24.8 Å². The van der Waals surface area contributed by atoms with E-state index in [-0.39, 0.29) is 12.4 Å². The first-order valence-corrected chi connectivity index (χ1v) is 7.30. The summed E-state index contributed by atoms with van der Waals surface area (Å²) in [4.78, 5) is 9.31. The minimum Gasteiger partial charge on any atom is -0.440 e. The average Bonchev–Trinajstić information content (AvgIpc) is 2.82. The molecule has 0 saturated carbocycles. The molecule has 7 heteroatoms. The smallest absolute Gasteiger partial charge is 0.222 e. The van der Waals surface area contributed by atoms with E-state index in [1.807, 2.05) is 19.9 Å². The van der Waals surface area contributed by atoms with Gasteiger partial charge in [-0.05, 0) is 37.1 Å². The normalized spacial score (nSPS) is 22.4. The van der Waals surface area contributed by atoms with Gasteiger partial charge in [-0.1, -0.05) is 35.3 Å². The molecule has 1 aliphatic heterocycles. The zero-order valence-electron chi connectivity index (χ0n) is 12.5. The Hall–Kier alpha value is -1.23. The van der Waals surface area contributed by atoms with E-state index in [1.165, 1.54) is 12.6 Å².